The van der Waals surface area contributed by atoms with Crippen LogP contribution in [0.5, 0.6) is 0 Å². The number of rotatable bonds is 4. The van der Waals surface area contributed by atoms with Gasteiger partial charge in [-0.15, -0.1) is 0 Å². The van der Waals surface area contributed by atoms with Gasteiger partial charge in [0.2, 0.25) is 0 Å². The van der Waals surface area contributed by atoms with Gasteiger partial charge in [0.05, 0.1) is 22.4 Å². The van der Waals surface area contributed by atoms with Crippen LogP contribution in [-0.4, -0.2) is 16.8 Å². The predicted octanol–water partition coefficient (Wildman–Crippen LogP) is 3.74. The fourth-order valence-electron chi connectivity index (χ4n) is 2.03. The Morgan fingerprint density at radius 1 is 1.28 bits per heavy atom. The monoisotopic (exact) mass is 371 g/mol. The molecule has 1 aromatic heterocycles. The molecule has 1 heterocycles. The molecule has 0 bridgehead atoms. The molecule has 0 spiro atoms. The highest BCUT2D eigenvalue weighted by Gasteiger charge is 2.19. The second kappa shape index (κ2) is 5.99. The largest absolute Gasteiger partial charge is 0.308 e. The first-order chi connectivity index (χ1) is 8.67. The summed E-state index contributed by atoms with van der Waals surface area (Å²) in [5.41, 5.74) is 2.37. The maximum absolute atomic E-state index is 4.37. The van der Waals surface area contributed by atoms with Gasteiger partial charge in [0, 0.05) is 11.0 Å². The van der Waals surface area contributed by atoms with Gasteiger partial charge in [-0.05, 0) is 47.6 Å². The number of nitrogens with one attached hydrogen (secondary N) is 1. The van der Waals surface area contributed by atoms with E-state index in [1.54, 1.807) is 0 Å². The van der Waals surface area contributed by atoms with Gasteiger partial charge in [-0.1, -0.05) is 28.1 Å². The van der Waals surface area contributed by atoms with Crippen LogP contribution >= 0.6 is 31.9 Å². The summed E-state index contributed by atoms with van der Waals surface area (Å²) in [5.74, 6) is 0. The Hall–Kier alpha value is -0.650. The van der Waals surface area contributed by atoms with Crippen molar-refractivity contribution in [3.05, 3.63) is 50.7 Å². The lowest BCUT2D eigenvalue weighted by atomic mass is 10.0. The molecule has 0 aliphatic rings. The molecule has 1 unspecified atom stereocenters. The summed E-state index contributed by atoms with van der Waals surface area (Å²) in [4.78, 5) is 0. The number of halogens is 2. The first-order valence-electron chi connectivity index (χ1n) is 5.81. The molecule has 0 aliphatic heterocycles. The van der Waals surface area contributed by atoms with E-state index in [1.165, 1.54) is 5.56 Å². The zero-order valence-electron chi connectivity index (χ0n) is 10.3. The first kappa shape index (κ1) is 13.8. The van der Waals surface area contributed by atoms with Gasteiger partial charge in [-0.2, -0.15) is 5.10 Å². The maximum atomic E-state index is 4.37. The summed E-state index contributed by atoms with van der Waals surface area (Å²) in [7, 11) is 1.96. The number of hydrogen-bond donors (Lipinski definition) is 1. The van der Waals surface area contributed by atoms with Gasteiger partial charge in [-0.25, -0.2) is 0 Å². The normalized spacial score (nSPS) is 12.7. The van der Waals surface area contributed by atoms with Crippen molar-refractivity contribution in [2.45, 2.75) is 19.5 Å². The van der Waals surface area contributed by atoms with Crippen molar-refractivity contribution in [2.75, 3.05) is 7.05 Å². The summed E-state index contributed by atoms with van der Waals surface area (Å²) >= 11 is 7.04. The first-order valence-corrected chi connectivity index (χ1v) is 7.40. The van der Waals surface area contributed by atoms with E-state index in [4.69, 9.17) is 0 Å². The van der Waals surface area contributed by atoms with Gasteiger partial charge < -0.3 is 5.32 Å². The third kappa shape index (κ3) is 2.68. The van der Waals surface area contributed by atoms with Gasteiger partial charge in [-0.3, -0.25) is 4.68 Å². The lowest BCUT2D eigenvalue weighted by Gasteiger charge is -2.19. The molecule has 0 fully saturated rings. The fourth-order valence-corrected chi connectivity index (χ4v) is 2.82. The molecular weight excluding hydrogens is 358 g/mol. The van der Waals surface area contributed by atoms with Crippen molar-refractivity contribution in [1.29, 1.82) is 0 Å². The molecule has 1 aromatic carbocycles. The van der Waals surface area contributed by atoms with Gasteiger partial charge in [0.15, 0.2) is 0 Å². The SMILES string of the molecule is CCn1ncc(Br)c1C(NC)c1ccc(Br)cc1. The molecular formula is C13H15Br2N3. The van der Waals surface area contributed by atoms with Gasteiger partial charge in [0.25, 0.3) is 0 Å². The third-order valence-electron chi connectivity index (χ3n) is 2.90. The van der Waals surface area contributed by atoms with Crippen molar-refractivity contribution >= 4 is 31.9 Å². The minimum Gasteiger partial charge on any atom is -0.308 e. The number of aryl methyl sites for hydroxylation is 1. The summed E-state index contributed by atoms with van der Waals surface area (Å²) in [5, 5.41) is 7.72. The average Bonchev–Trinajstić information content (AvgIpc) is 2.74. The van der Waals surface area contributed by atoms with E-state index in [9.17, 15) is 0 Å². The second-order valence-corrected chi connectivity index (χ2v) is 5.74. The Labute approximate surface area is 124 Å². The Morgan fingerprint density at radius 2 is 1.94 bits per heavy atom. The summed E-state index contributed by atoms with van der Waals surface area (Å²) in [6.07, 6.45) is 1.85. The smallest absolute Gasteiger partial charge is 0.0757 e. The quantitative estimate of drug-likeness (QED) is 0.885. The molecule has 3 nitrogen and oxygen atoms in total. The Morgan fingerprint density at radius 3 is 2.50 bits per heavy atom. The molecule has 2 rings (SSSR count). The van der Waals surface area contributed by atoms with Crippen LogP contribution in [0.3, 0.4) is 0 Å². The summed E-state index contributed by atoms with van der Waals surface area (Å²) < 4.78 is 4.13. The molecule has 96 valence electrons. The molecule has 2 aromatic rings. The van der Waals surface area contributed by atoms with Crippen molar-refractivity contribution in [1.82, 2.24) is 15.1 Å². The third-order valence-corrected chi connectivity index (χ3v) is 4.04. The van der Waals surface area contributed by atoms with E-state index in [2.05, 4.69) is 73.5 Å². The van der Waals surface area contributed by atoms with Crippen LogP contribution in [0.25, 0.3) is 0 Å². The highest BCUT2D eigenvalue weighted by Crippen LogP contribution is 2.29. The van der Waals surface area contributed by atoms with Crippen LogP contribution in [-0.2, 0) is 6.54 Å². The highest BCUT2D eigenvalue weighted by atomic mass is 79.9. The van der Waals surface area contributed by atoms with E-state index >= 15 is 0 Å². The van der Waals surface area contributed by atoms with Crippen molar-refractivity contribution < 1.29 is 0 Å². The molecule has 1 N–H and O–H groups in total. The van der Waals surface area contributed by atoms with Crippen LogP contribution < -0.4 is 5.32 Å². The van der Waals surface area contributed by atoms with Crippen molar-refractivity contribution in [3.8, 4) is 0 Å². The molecule has 5 heteroatoms. The maximum Gasteiger partial charge on any atom is 0.0757 e. The molecule has 18 heavy (non-hydrogen) atoms. The summed E-state index contributed by atoms with van der Waals surface area (Å²) in [6.45, 7) is 2.95. The topological polar surface area (TPSA) is 29.9 Å². The number of aromatic nitrogens is 2. The number of nitrogens with zero attached hydrogens (tertiary/aromatic N) is 2. The van der Waals surface area contributed by atoms with Gasteiger partial charge in [0.1, 0.15) is 0 Å². The van der Waals surface area contributed by atoms with Crippen LogP contribution in [0.1, 0.15) is 24.2 Å². The standard InChI is InChI=1S/C13H15Br2N3/c1-3-18-13(11(15)8-17-18)12(16-2)9-4-6-10(14)7-5-9/h4-8,12,16H,3H2,1-2H3. The van der Waals surface area contributed by atoms with E-state index in [0.717, 1.165) is 21.2 Å². The summed E-state index contributed by atoms with van der Waals surface area (Å²) in [6, 6.07) is 8.48. The zero-order chi connectivity index (χ0) is 13.1. The fraction of sp³-hybridized carbons (Fsp3) is 0.308. The van der Waals surface area contributed by atoms with Crippen molar-refractivity contribution in [3.63, 3.8) is 0 Å². The van der Waals surface area contributed by atoms with Crippen LogP contribution in [0.4, 0.5) is 0 Å². The van der Waals surface area contributed by atoms with E-state index in [0.29, 0.717) is 0 Å². The molecule has 0 saturated heterocycles. The van der Waals surface area contributed by atoms with Crippen molar-refractivity contribution in [2.24, 2.45) is 0 Å². The van der Waals surface area contributed by atoms with Crippen LogP contribution in [0.2, 0.25) is 0 Å². The highest BCUT2D eigenvalue weighted by molar-refractivity contribution is 9.10. The Bertz CT molecular complexity index is 520. The van der Waals surface area contributed by atoms with E-state index in [-0.39, 0.29) is 6.04 Å². The molecule has 0 radical (unpaired) electrons. The zero-order valence-corrected chi connectivity index (χ0v) is 13.5. The minimum absolute atomic E-state index is 0.134. The second-order valence-electron chi connectivity index (χ2n) is 3.97. The average molecular weight is 373 g/mol. The molecule has 0 aliphatic carbocycles. The lowest BCUT2D eigenvalue weighted by molar-refractivity contribution is 0.561. The van der Waals surface area contributed by atoms with E-state index in [1.807, 2.05) is 17.9 Å². The van der Waals surface area contributed by atoms with Crippen LogP contribution in [0.15, 0.2) is 39.4 Å². The van der Waals surface area contributed by atoms with E-state index < -0.39 is 0 Å². The number of hydrogen-bond acceptors (Lipinski definition) is 2. The Kier molecular flexibility index (Phi) is 4.59. The van der Waals surface area contributed by atoms with Crippen LogP contribution in [0, 0.1) is 0 Å². The predicted molar refractivity (Wildman–Crippen MR) is 80.6 cm³/mol. The number of benzene rings is 1. The lowest BCUT2D eigenvalue weighted by Crippen LogP contribution is -2.21. The molecule has 0 saturated carbocycles. The minimum atomic E-state index is 0.134. The Balaban J connectivity index is 2.44. The van der Waals surface area contributed by atoms with Gasteiger partial charge >= 0.3 is 0 Å². The molecule has 1 atom stereocenters. The molecule has 0 amide bonds.